The molecule has 0 nitrogen and oxygen atoms in total. The van der Waals surface area contributed by atoms with Gasteiger partial charge in [0.1, 0.15) is 0 Å². The lowest BCUT2D eigenvalue weighted by Crippen LogP contribution is -1.82. The Bertz CT molecular complexity index is 309. The summed E-state index contributed by atoms with van der Waals surface area (Å²) < 4.78 is 0. The lowest BCUT2D eigenvalue weighted by Gasteiger charge is -2.01. The van der Waals surface area contributed by atoms with Crippen molar-refractivity contribution in [3.63, 3.8) is 0 Å². The molecule has 0 aromatic rings. The van der Waals surface area contributed by atoms with Crippen molar-refractivity contribution in [3.05, 3.63) is 72.9 Å². The summed E-state index contributed by atoms with van der Waals surface area (Å²) in [6.07, 6.45) is 16.9. The van der Waals surface area contributed by atoms with E-state index in [2.05, 4.69) is 25.3 Å². The van der Waals surface area contributed by atoms with Gasteiger partial charge in [0.2, 0.25) is 0 Å². The normalized spacial score (nSPS) is 15.5. The molecule has 0 aliphatic heterocycles. The summed E-state index contributed by atoms with van der Waals surface area (Å²) in [4.78, 5) is 0. The minimum absolute atomic E-state index is 0.952. The van der Waals surface area contributed by atoms with Crippen LogP contribution >= 0.6 is 0 Å². The highest BCUT2D eigenvalue weighted by atomic mass is 14.0. The molecular formula is C13H14. The zero-order chi connectivity index (χ0) is 9.52. The molecule has 0 aromatic carbocycles. The van der Waals surface area contributed by atoms with Crippen LogP contribution in [-0.2, 0) is 0 Å². The molecule has 0 heteroatoms. The summed E-state index contributed by atoms with van der Waals surface area (Å²) in [5.74, 6) is 0. The maximum Gasteiger partial charge on any atom is -0.00886 e. The van der Waals surface area contributed by atoms with E-state index >= 15 is 0 Å². The van der Waals surface area contributed by atoms with Crippen LogP contribution in [0.25, 0.3) is 0 Å². The molecule has 0 saturated carbocycles. The molecule has 0 heterocycles. The van der Waals surface area contributed by atoms with Crippen LogP contribution < -0.4 is 0 Å². The highest BCUT2D eigenvalue weighted by Crippen LogP contribution is 2.16. The van der Waals surface area contributed by atoms with E-state index in [1.165, 1.54) is 5.57 Å². The molecule has 1 aliphatic carbocycles. The van der Waals surface area contributed by atoms with Gasteiger partial charge in [-0.15, -0.1) is 0 Å². The smallest absolute Gasteiger partial charge is 0.00886 e. The fourth-order valence-corrected chi connectivity index (χ4v) is 1.11. The lowest BCUT2D eigenvalue weighted by atomic mass is 10.0. The number of hydrogen-bond donors (Lipinski definition) is 0. The predicted molar refractivity (Wildman–Crippen MR) is 59.5 cm³/mol. The number of hydrogen-bond acceptors (Lipinski definition) is 0. The SMILES string of the molecule is C=C/C=C\C(=C)C1=CC=CC=CC1. The van der Waals surface area contributed by atoms with Gasteiger partial charge in [0, 0.05) is 0 Å². The second-order valence-corrected chi connectivity index (χ2v) is 2.83. The van der Waals surface area contributed by atoms with E-state index in [9.17, 15) is 0 Å². The monoisotopic (exact) mass is 170 g/mol. The third-order valence-corrected chi connectivity index (χ3v) is 1.84. The lowest BCUT2D eigenvalue weighted by molar-refractivity contribution is 1.26. The van der Waals surface area contributed by atoms with Crippen LogP contribution in [0.5, 0.6) is 0 Å². The minimum atomic E-state index is 0.952. The zero-order valence-corrected chi connectivity index (χ0v) is 7.74. The van der Waals surface area contributed by atoms with Gasteiger partial charge in [-0.3, -0.25) is 0 Å². The van der Waals surface area contributed by atoms with Gasteiger partial charge in [-0.1, -0.05) is 61.8 Å². The van der Waals surface area contributed by atoms with Gasteiger partial charge in [0.05, 0.1) is 0 Å². The predicted octanol–water partition coefficient (Wildman–Crippen LogP) is 3.73. The molecule has 1 rings (SSSR count). The first-order chi connectivity index (χ1) is 6.34. The molecule has 0 N–H and O–H groups in total. The van der Waals surface area contributed by atoms with Crippen LogP contribution in [0.4, 0.5) is 0 Å². The Morgan fingerprint density at radius 3 is 2.92 bits per heavy atom. The molecule has 0 saturated heterocycles. The zero-order valence-electron chi connectivity index (χ0n) is 7.74. The molecule has 0 spiro atoms. The molecule has 0 unspecified atom stereocenters. The van der Waals surface area contributed by atoms with Crippen molar-refractivity contribution in [2.24, 2.45) is 0 Å². The van der Waals surface area contributed by atoms with Crippen LogP contribution in [0.15, 0.2) is 72.9 Å². The van der Waals surface area contributed by atoms with E-state index in [0.717, 1.165) is 12.0 Å². The number of allylic oxidation sites excluding steroid dienone is 10. The fraction of sp³-hybridized carbons (Fsp3) is 0.0769. The summed E-state index contributed by atoms with van der Waals surface area (Å²) in [6.45, 7) is 7.61. The molecule has 0 radical (unpaired) electrons. The van der Waals surface area contributed by atoms with Crippen molar-refractivity contribution < 1.29 is 0 Å². The Hall–Kier alpha value is -1.56. The molecule has 0 bridgehead atoms. The van der Waals surface area contributed by atoms with Crippen molar-refractivity contribution in [1.29, 1.82) is 0 Å². The average molecular weight is 170 g/mol. The summed E-state index contributed by atoms with van der Waals surface area (Å²) in [5, 5.41) is 0. The first-order valence-electron chi connectivity index (χ1n) is 4.35. The first kappa shape index (κ1) is 9.53. The van der Waals surface area contributed by atoms with Gasteiger partial charge in [-0.2, -0.15) is 0 Å². The minimum Gasteiger partial charge on any atom is -0.0991 e. The number of rotatable bonds is 3. The quantitative estimate of drug-likeness (QED) is 0.566. The molecule has 0 aromatic heterocycles. The van der Waals surface area contributed by atoms with Crippen molar-refractivity contribution in [2.45, 2.75) is 6.42 Å². The van der Waals surface area contributed by atoms with Crippen molar-refractivity contribution >= 4 is 0 Å². The van der Waals surface area contributed by atoms with Crippen molar-refractivity contribution in [1.82, 2.24) is 0 Å². The summed E-state index contributed by atoms with van der Waals surface area (Å²) in [6, 6.07) is 0. The van der Waals surface area contributed by atoms with Gasteiger partial charge >= 0.3 is 0 Å². The maximum absolute atomic E-state index is 3.99. The summed E-state index contributed by atoms with van der Waals surface area (Å²) >= 11 is 0. The molecule has 1 aliphatic rings. The maximum atomic E-state index is 3.99. The van der Waals surface area contributed by atoms with Crippen molar-refractivity contribution in [2.75, 3.05) is 0 Å². The van der Waals surface area contributed by atoms with E-state index in [1.807, 2.05) is 30.4 Å². The molecule has 0 fully saturated rings. The third kappa shape index (κ3) is 3.12. The van der Waals surface area contributed by atoms with Crippen LogP contribution in [0, 0.1) is 0 Å². The standard InChI is InChI=1S/C13H14/c1-3-4-9-12(2)13-10-7-5-6-8-11-13/h3-10H,1-2,11H2/b9-4-. The Kier molecular flexibility index (Phi) is 3.77. The highest BCUT2D eigenvalue weighted by Gasteiger charge is 1.96. The summed E-state index contributed by atoms with van der Waals surface area (Å²) in [5.41, 5.74) is 2.30. The second-order valence-electron chi connectivity index (χ2n) is 2.83. The van der Waals surface area contributed by atoms with Gasteiger partial charge < -0.3 is 0 Å². The Morgan fingerprint density at radius 2 is 2.15 bits per heavy atom. The third-order valence-electron chi connectivity index (χ3n) is 1.84. The topological polar surface area (TPSA) is 0 Å². The molecule has 66 valence electrons. The highest BCUT2D eigenvalue weighted by molar-refractivity contribution is 5.42. The van der Waals surface area contributed by atoms with Crippen LogP contribution in [0.3, 0.4) is 0 Å². The van der Waals surface area contributed by atoms with Crippen LogP contribution in [0.1, 0.15) is 6.42 Å². The molecule has 0 amide bonds. The van der Waals surface area contributed by atoms with E-state index in [-0.39, 0.29) is 0 Å². The van der Waals surface area contributed by atoms with Crippen molar-refractivity contribution in [3.8, 4) is 0 Å². The molecule has 0 atom stereocenters. The van der Waals surface area contributed by atoms with E-state index in [0.29, 0.717) is 0 Å². The van der Waals surface area contributed by atoms with Gasteiger partial charge in [0.25, 0.3) is 0 Å². The van der Waals surface area contributed by atoms with E-state index in [4.69, 9.17) is 0 Å². The van der Waals surface area contributed by atoms with Gasteiger partial charge in [0.15, 0.2) is 0 Å². The first-order valence-corrected chi connectivity index (χ1v) is 4.35. The molecular weight excluding hydrogens is 156 g/mol. The fourth-order valence-electron chi connectivity index (χ4n) is 1.11. The summed E-state index contributed by atoms with van der Waals surface area (Å²) in [7, 11) is 0. The van der Waals surface area contributed by atoms with Crippen LogP contribution in [0.2, 0.25) is 0 Å². The Morgan fingerprint density at radius 1 is 1.31 bits per heavy atom. The van der Waals surface area contributed by atoms with E-state index in [1.54, 1.807) is 6.08 Å². The van der Waals surface area contributed by atoms with Gasteiger partial charge in [-0.25, -0.2) is 0 Å². The van der Waals surface area contributed by atoms with Crippen LogP contribution in [-0.4, -0.2) is 0 Å². The average Bonchev–Trinajstić information content (AvgIpc) is 2.42. The second kappa shape index (κ2) is 5.15. The van der Waals surface area contributed by atoms with Gasteiger partial charge in [-0.05, 0) is 17.6 Å². The largest absolute Gasteiger partial charge is 0.0991 e. The Labute approximate surface area is 80.0 Å². The Balaban J connectivity index is 2.71. The molecule has 13 heavy (non-hydrogen) atoms. The van der Waals surface area contributed by atoms with E-state index < -0.39 is 0 Å².